The van der Waals surface area contributed by atoms with Crippen LogP contribution in [0.15, 0.2) is 24.5 Å². The number of pyridine rings is 1. The number of likely N-dealkylation sites (N-methyl/N-ethyl adjacent to an activating group) is 1. The van der Waals surface area contributed by atoms with Crippen LogP contribution in [0.3, 0.4) is 0 Å². The van der Waals surface area contributed by atoms with Crippen LogP contribution in [0.2, 0.25) is 0 Å². The van der Waals surface area contributed by atoms with Crippen LogP contribution in [-0.2, 0) is 16.0 Å². The molecule has 10 nitrogen and oxygen atoms in total. The van der Waals surface area contributed by atoms with E-state index < -0.39 is 5.54 Å². The standard InChI is InChI=1S/C23H29N7O3/c1-29(2)9-10-33-18-8-7-16(14-24-18)26-22-25-13-15-11-23(28-20(15)27-22)12-19(31)30(21(23)32)17-5-3-4-6-17/h7-8,13-14,17H,3-6,9-12H2,1-2H3,(H2,25,26,27,28). The lowest BCUT2D eigenvalue weighted by molar-refractivity contribution is -0.142. The zero-order chi connectivity index (χ0) is 23.0. The Morgan fingerprint density at radius 1 is 1.18 bits per heavy atom. The highest BCUT2D eigenvalue weighted by Crippen LogP contribution is 2.41. The van der Waals surface area contributed by atoms with E-state index in [-0.39, 0.29) is 24.3 Å². The molecule has 0 radical (unpaired) electrons. The highest BCUT2D eigenvalue weighted by Gasteiger charge is 2.56. The van der Waals surface area contributed by atoms with Gasteiger partial charge in [0.15, 0.2) is 0 Å². The number of amides is 2. The molecule has 10 heteroatoms. The number of rotatable bonds is 7. The van der Waals surface area contributed by atoms with Crippen LogP contribution in [0.5, 0.6) is 5.88 Å². The molecule has 2 aromatic heterocycles. The van der Waals surface area contributed by atoms with E-state index in [1.807, 2.05) is 25.1 Å². The second kappa shape index (κ2) is 8.58. The Balaban J connectivity index is 1.25. The molecule has 5 rings (SSSR count). The van der Waals surface area contributed by atoms with Gasteiger partial charge in [0.2, 0.25) is 17.7 Å². The van der Waals surface area contributed by atoms with E-state index in [9.17, 15) is 9.59 Å². The van der Waals surface area contributed by atoms with Crippen LogP contribution >= 0.6 is 0 Å². The fraction of sp³-hybridized carbons (Fsp3) is 0.522. The Labute approximate surface area is 192 Å². The molecule has 0 aromatic carbocycles. The van der Waals surface area contributed by atoms with Crippen molar-refractivity contribution in [2.45, 2.75) is 50.1 Å². The Morgan fingerprint density at radius 3 is 2.73 bits per heavy atom. The van der Waals surface area contributed by atoms with Crippen LogP contribution in [0.4, 0.5) is 17.5 Å². The average molecular weight is 452 g/mol. The van der Waals surface area contributed by atoms with Crippen LogP contribution in [0, 0.1) is 0 Å². The van der Waals surface area contributed by atoms with Crippen molar-refractivity contribution in [1.29, 1.82) is 0 Å². The number of nitrogens with zero attached hydrogens (tertiary/aromatic N) is 5. The quantitative estimate of drug-likeness (QED) is 0.610. The molecule has 174 valence electrons. The molecule has 2 aliphatic heterocycles. The number of ether oxygens (including phenoxy) is 1. The van der Waals surface area contributed by atoms with Crippen molar-refractivity contribution >= 4 is 29.3 Å². The van der Waals surface area contributed by atoms with E-state index in [0.717, 1.165) is 43.5 Å². The molecule has 2 amide bonds. The fourth-order valence-corrected chi connectivity index (χ4v) is 4.83. The van der Waals surface area contributed by atoms with E-state index in [1.54, 1.807) is 18.5 Å². The van der Waals surface area contributed by atoms with Crippen molar-refractivity contribution in [2.75, 3.05) is 37.9 Å². The lowest BCUT2D eigenvalue weighted by Crippen LogP contribution is -2.48. The average Bonchev–Trinajstić information content (AvgIpc) is 3.47. The number of hydrogen-bond donors (Lipinski definition) is 2. The number of fused-ring (bicyclic) bond motifs is 1. The summed E-state index contributed by atoms with van der Waals surface area (Å²) in [6.45, 7) is 1.37. The number of anilines is 3. The Bertz CT molecular complexity index is 1050. The minimum absolute atomic E-state index is 0.0422. The Kier molecular flexibility index (Phi) is 5.61. The van der Waals surface area contributed by atoms with E-state index >= 15 is 0 Å². The van der Waals surface area contributed by atoms with Crippen molar-refractivity contribution < 1.29 is 14.3 Å². The van der Waals surface area contributed by atoms with Gasteiger partial charge in [0.1, 0.15) is 18.0 Å². The molecule has 2 fully saturated rings. The summed E-state index contributed by atoms with van der Waals surface area (Å²) in [7, 11) is 3.98. The predicted molar refractivity (Wildman–Crippen MR) is 122 cm³/mol. The monoisotopic (exact) mass is 451 g/mol. The van der Waals surface area contributed by atoms with E-state index in [4.69, 9.17) is 4.74 Å². The molecule has 0 bridgehead atoms. The third-order valence-electron chi connectivity index (χ3n) is 6.54. The van der Waals surface area contributed by atoms with Crippen molar-refractivity contribution in [1.82, 2.24) is 24.8 Å². The van der Waals surface area contributed by atoms with Crippen LogP contribution in [0.1, 0.15) is 37.7 Å². The first-order valence-corrected chi connectivity index (χ1v) is 11.4. The molecular weight excluding hydrogens is 422 g/mol. The summed E-state index contributed by atoms with van der Waals surface area (Å²) in [5, 5.41) is 6.41. The first-order valence-electron chi connectivity index (χ1n) is 11.4. The number of likely N-dealkylation sites (tertiary alicyclic amines) is 1. The van der Waals surface area contributed by atoms with Crippen molar-refractivity contribution in [3.63, 3.8) is 0 Å². The maximum absolute atomic E-state index is 13.3. The molecule has 1 saturated heterocycles. The largest absolute Gasteiger partial charge is 0.476 e. The molecule has 1 atom stereocenters. The molecule has 2 aromatic rings. The predicted octanol–water partition coefficient (Wildman–Crippen LogP) is 1.96. The summed E-state index contributed by atoms with van der Waals surface area (Å²) in [5.74, 6) is 1.33. The van der Waals surface area contributed by atoms with Crippen molar-refractivity contribution in [2.24, 2.45) is 0 Å². The SMILES string of the molecule is CN(C)CCOc1ccc(Nc2ncc3c(n2)NC2(CC(=O)N(C4CCCC4)C2=O)C3)cn1. The first-order chi connectivity index (χ1) is 15.9. The number of imide groups is 1. The summed E-state index contributed by atoms with van der Waals surface area (Å²) in [4.78, 5) is 42.8. The van der Waals surface area contributed by atoms with Crippen molar-refractivity contribution in [3.8, 4) is 5.88 Å². The highest BCUT2D eigenvalue weighted by molar-refractivity contribution is 6.11. The van der Waals surface area contributed by atoms with Gasteiger partial charge in [-0.1, -0.05) is 12.8 Å². The second-order valence-electron chi connectivity index (χ2n) is 9.30. The van der Waals surface area contributed by atoms with E-state index in [1.165, 1.54) is 4.90 Å². The lowest BCUT2D eigenvalue weighted by Gasteiger charge is -2.25. The van der Waals surface area contributed by atoms with E-state index in [2.05, 4.69) is 25.6 Å². The highest BCUT2D eigenvalue weighted by atomic mass is 16.5. The summed E-state index contributed by atoms with van der Waals surface area (Å²) in [6, 6.07) is 3.68. The van der Waals surface area contributed by atoms with Gasteiger partial charge in [0, 0.05) is 36.8 Å². The number of nitrogens with one attached hydrogen (secondary N) is 2. The summed E-state index contributed by atoms with van der Waals surface area (Å²) < 4.78 is 5.62. The lowest BCUT2D eigenvalue weighted by atomic mass is 9.94. The number of carbonyl (C=O) groups excluding carboxylic acids is 2. The number of aromatic nitrogens is 3. The van der Waals surface area contributed by atoms with Gasteiger partial charge in [0.25, 0.3) is 5.91 Å². The third kappa shape index (κ3) is 4.22. The molecular formula is C23H29N7O3. The van der Waals surface area contributed by atoms with Crippen LogP contribution < -0.4 is 15.4 Å². The van der Waals surface area contributed by atoms with Gasteiger partial charge in [0.05, 0.1) is 18.3 Å². The number of carbonyl (C=O) groups is 2. The van der Waals surface area contributed by atoms with Gasteiger partial charge in [-0.15, -0.1) is 0 Å². The molecule has 1 unspecified atom stereocenters. The zero-order valence-corrected chi connectivity index (χ0v) is 19.0. The Morgan fingerprint density at radius 2 is 2.00 bits per heavy atom. The summed E-state index contributed by atoms with van der Waals surface area (Å²) in [6.07, 6.45) is 7.92. The van der Waals surface area contributed by atoms with Gasteiger partial charge in [-0.05, 0) is 33.0 Å². The Hall–Kier alpha value is -3.27. The first kappa shape index (κ1) is 21.6. The number of hydrogen-bond acceptors (Lipinski definition) is 9. The van der Waals surface area contributed by atoms with Gasteiger partial charge in [-0.2, -0.15) is 4.98 Å². The molecule has 1 saturated carbocycles. The third-order valence-corrected chi connectivity index (χ3v) is 6.54. The summed E-state index contributed by atoms with van der Waals surface area (Å²) >= 11 is 0. The second-order valence-corrected chi connectivity index (χ2v) is 9.30. The summed E-state index contributed by atoms with van der Waals surface area (Å²) in [5.41, 5.74) is 0.641. The minimum Gasteiger partial charge on any atom is -0.476 e. The zero-order valence-electron chi connectivity index (χ0n) is 19.0. The topological polar surface area (TPSA) is 113 Å². The van der Waals surface area contributed by atoms with Crippen LogP contribution in [-0.4, -0.2) is 75.4 Å². The molecule has 4 heterocycles. The normalized spacial score (nSPS) is 22.3. The fourth-order valence-electron chi connectivity index (χ4n) is 4.83. The van der Waals surface area contributed by atoms with Crippen LogP contribution in [0.25, 0.3) is 0 Å². The van der Waals surface area contributed by atoms with Gasteiger partial charge in [-0.3, -0.25) is 14.5 Å². The molecule has 33 heavy (non-hydrogen) atoms. The maximum atomic E-state index is 13.3. The van der Waals surface area contributed by atoms with Gasteiger partial charge < -0.3 is 20.3 Å². The molecule has 1 aliphatic carbocycles. The maximum Gasteiger partial charge on any atom is 0.256 e. The van der Waals surface area contributed by atoms with Crippen molar-refractivity contribution in [3.05, 3.63) is 30.1 Å². The minimum atomic E-state index is -0.928. The molecule has 3 aliphatic rings. The van der Waals surface area contributed by atoms with E-state index in [0.29, 0.717) is 30.7 Å². The molecule has 1 spiro atoms. The van der Waals surface area contributed by atoms with Gasteiger partial charge >= 0.3 is 0 Å². The molecule has 2 N–H and O–H groups in total. The smallest absolute Gasteiger partial charge is 0.256 e. The van der Waals surface area contributed by atoms with Gasteiger partial charge in [-0.25, -0.2) is 9.97 Å².